The predicted octanol–water partition coefficient (Wildman–Crippen LogP) is 3.81. The number of amides is 5. The van der Waals surface area contributed by atoms with Crippen LogP contribution >= 0.6 is 11.6 Å². The molecule has 0 radical (unpaired) electrons. The number of hydrogen-bond acceptors (Lipinski definition) is 8. The number of carbonyl (C=O) groups is 7. The molecule has 0 aromatic heterocycles. The zero-order chi connectivity index (χ0) is 41.5. The molecule has 1 fully saturated rings. The first kappa shape index (κ1) is 41.1. The van der Waals surface area contributed by atoms with Crippen LogP contribution in [0.15, 0.2) is 84.9 Å². The largest absolute Gasteiger partial charge is 0.481 e. The molecule has 1 saturated carbocycles. The minimum absolute atomic E-state index is 0.00777. The molecule has 15 heteroatoms. The number of likely N-dealkylation sites (N-methyl/N-ethyl adjacent to an activating group) is 1. The molecule has 14 nitrogen and oxygen atoms in total. The lowest BCUT2D eigenvalue weighted by molar-refractivity contribution is -0.139. The van der Waals surface area contributed by atoms with Crippen LogP contribution in [-0.2, 0) is 35.2 Å². The fourth-order valence-corrected chi connectivity index (χ4v) is 6.86. The summed E-state index contributed by atoms with van der Waals surface area (Å²) < 4.78 is 5.74. The molecule has 6 rings (SSSR count). The van der Waals surface area contributed by atoms with Crippen LogP contribution in [0.3, 0.4) is 0 Å². The van der Waals surface area contributed by atoms with Crippen LogP contribution in [-0.4, -0.2) is 90.6 Å². The summed E-state index contributed by atoms with van der Waals surface area (Å²) in [6, 6.07) is 21.9. The summed E-state index contributed by atoms with van der Waals surface area (Å²) in [6.45, 7) is -0.596. The number of carboxylic acid groups (broad SMARTS) is 1. The Labute approximate surface area is 339 Å². The lowest BCUT2D eigenvalue weighted by Gasteiger charge is -2.29. The summed E-state index contributed by atoms with van der Waals surface area (Å²) in [6.07, 6.45) is 1.79. The average Bonchev–Trinajstić information content (AvgIpc) is 4.06. The number of carbonyl (C=O) groups excluding carboxylic acids is 6. The molecule has 4 bridgehead atoms. The highest BCUT2D eigenvalue weighted by atomic mass is 35.5. The molecule has 2 unspecified atom stereocenters. The second-order valence-corrected chi connectivity index (χ2v) is 14.7. The number of fused-ring (bicyclic) bond motifs is 5. The van der Waals surface area contributed by atoms with Crippen molar-refractivity contribution in [3.05, 3.63) is 112 Å². The first-order valence-corrected chi connectivity index (χ1v) is 19.0. The van der Waals surface area contributed by atoms with E-state index in [1.54, 1.807) is 66.7 Å². The average molecular weight is 808 g/mol. The van der Waals surface area contributed by atoms with Crippen LogP contribution in [0.4, 0.5) is 0 Å². The Bertz CT molecular complexity index is 2260. The van der Waals surface area contributed by atoms with Crippen LogP contribution in [0.2, 0.25) is 5.02 Å². The van der Waals surface area contributed by atoms with Crippen molar-refractivity contribution in [1.29, 1.82) is 0 Å². The minimum Gasteiger partial charge on any atom is -0.481 e. The Morgan fingerprint density at radius 3 is 2.21 bits per heavy atom. The van der Waals surface area contributed by atoms with Gasteiger partial charge < -0.3 is 36.0 Å². The number of ketones is 1. The third-order valence-corrected chi connectivity index (χ3v) is 10.1. The highest BCUT2D eigenvalue weighted by molar-refractivity contribution is 6.30. The number of benzene rings is 4. The molecule has 0 saturated heterocycles. The van der Waals surface area contributed by atoms with Crippen LogP contribution in [0.1, 0.15) is 58.8 Å². The molecule has 5 amide bonds. The van der Waals surface area contributed by atoms with Gasteiger partial charge in [-0.05, 0) is 102 Å². The van der Waals surface area contributed by atoms with Gasteiger partial charge in [0.25, 0.3) is 5.91 Å². The topological polar surface area (TPSA) is 200 Å². The van der Waals surface area contributed by atoms with E-state index in [0.29, 0.717) is 32.8 Å². The van der Waals surface area contributed by atoms with E-state index in [2.05, 4.69) is 21.3 Å². The van der Waals surface area contributed by atoms with E-state index in [-0.39, 0.29) is 30.4 Å². The van der Waals surface area contributed by atoms with E-state index >= 15 is 0 Å². The molecule has 1 heterocycles. The number of nitrogens with zero attached hydrogens (tertiary/aromatic N) is 1. The Morgan fingerprint density at radius 2 is 1.55 bits per heavy atom. The lowest BCUT2D eigenvalue weighted by Crippen LogP contribution is -2.52. The summed E-state index contributed by atoms with van der Waals surface area (Å²) in [5, 5.41) is 20.4. The number of rotatable bonds is 12. The van der Waals surface area contributed by atoms with E-state index in [4.69, 9.17) is 16.3 Å². The van der Waals surface area contributed by atoms with Gasteiger partial charge in [0, 0.05) is 29.6 Å². The second-order valence-electron chi connectivity index (χ2n) is 14.3. The van der Waals surface area contributed by atoms with Crippen LogP contribution in [0.5, 0.6) is 5.75 Å². The van der Waals surface area contributed by atoms with Gasteiger partial charge in [0.15, 0.2) is 6.61 Å². The number of Topliss-reactive ketones (excluding diaryl/α,β-unsaturated/α-hetero) is 1. The van der Waals surface area contributed by atoms with Gasteiger partial charge in [0.1, 0.15) is 23.6 Å². The van der Waals surface area contributed by atoms with Crippen molar-refractivity contribution in [2.24, 2.45) is 0 Å². The summed E-state index contributed by atoms with van der Waals surface area (Å²) in [5.74, 6) is -4.26. The van der Waals surface area contributed by atoms with E-state index < -0.39 is 67.3 Å². The Morgan fingerprint density at radius 1 is 0.862 bits per heavy atom. The highest BCUT2D eigenvalue weighted by Gasteiger charge is 2.33. The van der Waals surface area contributed by atoms with Crippen LogP contribution in [0.25, 0.3) is 22.3 Å². The van der Waals surface area contributed by atoms with Gasteiger partial charge in [0.05, 0.1) is 19.6 Å². The normalized spacial score (nSPS) is 16.5. The quantitative estimate of drug-likeness (QED) is 0.141. The van der Waals surface area contributed by atoms with E-state index in [1.165, 1.54) is 18.9 Å². The summed E-state index contributed by atoms with van der Waals surface area (Å²) in [7, 11) is 1.41. The first-order valence-electron chi connectivity index (χ1n) is 18.6. The van der Waals surface area contributed by atoms with Crippen molar-refractivity contribution in [2.45, 2.75) is 44.2 Å². The molecule has 2 aliphatic rings. The summed E-state index contributed by atoms with van der Waals surface area (Å²) in [4.78, 5) is 91.9. The van der Waals surface area contributed by atoms with Gasteiger partial charge in [0.2, 0.25) is 23.6 Å². The number of hydrogen-bond donors (Lipinski definition) is 5. The third kappa shape index (κ3) is 10.2. The minimum atomic E-state index is -1.30. The highest BCUT2D eigenvalue weighted by Crippen LogP contribution is 2.47. The van der Waals surface area contributed by atoms with Crippen molar-refractivity contribution in [1.82, 2.24) is 26.2 Å². The Kier molecular flexibility index (Phi) is 12.9. The van der Waals surface area contributed by atoms with E-state index in [1.807, 2.05) is 18.2 Å². The zero-order valence-electron chi connectivity index (χ0n) is 31.8. The molecule has 2 atom stereocenters. The fourth-order valence-electron chi connectivity index (χ4n) is 6.73. The monoisotopic (exact) mass is 807 g/mol. The molecule has 0 spiro atoms. The molecule has 4 aromatic rings. The van der Waals surface area contributed by atoms with Crippen LogP contribution < -0.4 is 26.0 Å². The number of aliphatic carboxylic acids is 1. The summed E-state index contributed by atoms with van der Waals surface area (Å²) >= 11 is 6.01. The van der Waals surface area contributed by atoms with Gasteiger partial charge in [-0.2, -0.15) is 0 Å². The standard InChI is InChI=1S/C43H42ClN5O9/c1-24(50)20-45-42(56)35-18-25-3-16-36(58-23-39(53)54)34(17-25)33-19-30(12-15-32(33)28-6-7-28)40(43(57)46-21-37(51)48-35)49(2)38(52)22-47-41(55)29-8-4-26(5-9-29)27-10-13-31(44)14-11-27/h3-5,8-17,19,28,35,40H,6-7,18,20-23H2,1-2H3,(H,45,56)(H,46,57)(H,47,55)(H,48,51)(H,53,54). The number of carboxylic acids is 1. The number of halogens is 1. The van der Waals surface area contributed by atoms with Gasteiger partial charge >= 0.3 is 5.97 Å². The zero-order valence-corrected chi connectivity index (χ0v) is 32.6. The predicted molar refractivity (Wildman–Crippen MR) is 214 cm³/mol. The first-order chi connectivity index (χ1) is 27.8. The van der Waals surface area contributed by atoms with Crippen molar-refractivity contribution in [2.75, 3.05) is 33.3 Å². The van der Waals surface area contributed by atoms with Crippen molar-refractivity contribution >= 4 is 52.9 Å². The molecule has 5 N–H and O–H groups in total. The maximum atomic E-state index is 14.1. The maximum absolute atomic E-state index is 14.1. The van der Waals surface area contributed by atoms with E-state index in [0.717, 1.165) is 29.5 Å². The Balaban J connectivity index is 1.32. The number of nitrogens with one attached hydrogen (secondary N) is 4. The van der Waals surface area contributed by atoms with Gasteiger partial charge in [-0.15, -0.1) is 0 Å². The maximum Gasteiger partial charge on any atom is 0.341 e. The van der Waals surface area contributed by atoms with Crippen LogP contribution in [0, 0.1) is 0 Å². The molecular formula is C43H42ClN5O9. The van der Waals surface area contributed by atoms with E-state index in [9.17, 15) is 38.7 Å². The molecule has 1 aliphatic heterocycles. The lowest BCUT2D eigenvalue weighted by atomic mass is 9.89. The fraction of sp³-hybridized carbons (Fsp3) is 0.279. The van der Waals surface area contributed by atoms with Crippen molar-refractivity contribution < 1.29 is 43.4 Å². The third-order valence-electron chi connectivity index (χ3n) is 9.88. The van der Waals surface area contributed by atoms with Gasteiger partial charge in [-0.3, -0.25) is 28.8 Å². The summed E-state index contributed by atoms with van der Waals surface area (Å²) in [5.41, 5.74) is 5.09. The van der Waals surface area contributed by atoms with Crippen molar-refractivity contribution in [3.63, 3.8) is 0 Å². The van der Waals surface area contributed by atoms with Gasteiger partial charge in [-0.1, -0.05) is 54.1 Å². The molecule has 4 aromatic carbocycles. The van der Waals surface area contributed by atoms with Gasteiger partial charge in [-0.25, -0.2) is 4.79 Å². The molecule has 300 valence electrons. The molecule has 58 heavy (non-hydrogen) atoms. The number of ether oxygens (including phenoxy) is 1. The van der Waals surface area contributed by atoms with Crippen molar-refractivity contribution in [3.8, 4) is 28.0 Å². The molecule has 1 aliphatic carbocycles. The molecular weight excluding hydrogens is 766 g/mol. The Hall–Kier alpha value is -6.54. The smallest absolute Gasteiger partial charge is 0.341 e. The second kappa shape index (κ2) is 18.2. The SMILES string of the molecule is CC(=O)CNC(=O)C1Cc2ccc(OCC(=O)O)c(c2)-c2cc(ccc2C2CC2)C(N(C)C(=O)CNC(=O)c2ccc(-c3ccc(Cl)cc3)cc2)C(=O)NCC(=O)N1.